The van der Waals surface area contributed by atoms with Gasteiger partial charge in [-0.1, -0.05) is 44.9 Å². The quantitative estimate of drug-likeness (QED) is 0.641. The molecule has 6 heteroatoms. The molecule has 0 aromatic carbocycles. The fourth-order valence-electron chi connectivity index (χ4n) is 1.52. The maximum atomic E-state index is 11.9. The van der Waals surface area contributed by atoms with Crippen LogP contribution < -0.4 is 16.4 Å². The number of nitrogens with one attached hydrogen (secondary N) is 2. The van der Waals surface area contributed by atoms with E-state index in [9.17, 15) is 4.79 Å². The summed E-state index contributed by atoms with van der Waals surface area (Å²) in [6.07, 6.45) is 3.26. The van der Waals surface area contributed by atoms with E-state index < -0.39 is 0 Å². The zero-order valence-electron chi connectivity index (χ0n) is 12.0. The molecule has 0 saturated carbocycles. The standard InChI is InChI=1S/C13H24N4OS/c1-4-5-6-7-15-12(18)10-11(14)17-13(19-10)16-8-9(2)3/h9H,4-8,14H2,1-3H3,(H,15,18)(H,16,17). The van der Waals surface area contributed by atoms with Crippen LogP contribution in [-0.2, 0) is 0 Å². The van der Waals surface area contributed by atoms with Crippen LogP contribution in [0.2, 0.25) is 0 Å². The highest BCUT2D eigenvalue weighted by atomic mass is 32.1. The van der Waals surface area contributed by atoms with E-state index in [4.69, 9.17) is 5.73 Å². The maximum absolute atomic E-state index is 11.9. The highest BCUT2D eigenvalue weighted by Gasteiger charge is 2.15. The number of amides is 1. The van der Waals surface area contributed by atoms with Crippen molar-refractivity contribution in [3.05, 3.63) is 4.88 Å². The first kappa shape index (κ1) is 15.8. The normalized spacial score (nSPS) is 10.7. The number of thiazole rings is 1. The number of nitrogens with two attached hydrogens (primary N) is 1. The SMILES string of the molecule is CCCCCNC(=O)c1sc(NCC(C)C)nc1N. The Morgan fingerprint density at radius 3 is 2.79 bits per heavy atom. The zero-order chi connectivity index (χ0) is 14.3. The molecule has 0 bridgehead atoms. The molecule has 0 fully saturated rings. The average Bonchev–Trinajstić information content (AvgIpc) is 2.73. The number of nitrogen functional groups attached to an aromatic ring is 1. The largest absolute Gasteiger partial charge is 0.382 e. The van der Waals surface area contributed by atoms with Crippen LogP contribution in [0.3, 0.4) is 0 Å². The van der Waals surface area contributed by atoms with Gasteiger partial charge in [0.05, 0.1) is 0 Å². The van der Waals surface area contributed by atoms with Crippen molar-refractivity contribution >= 4 is 28.2 Å². The van der Waals surface area contributed by atoms with Gasteiger partial charge in [-0.3, -0.25) is 4.79 Å². The van der Waals surface area contributed by atoms with Gasteiger partial charge in [0, 0.05) is 13.1 Å². The summed E-state index contributed by atoms with van der Waals surface area (Å²) in [5.74, 6) is 0.712. The number of carbonyl (C=O) groups is 1. The highest BCUT2D eigenvalue weighted by Crippen LogP contribution is 2.24. The molecule has 1 heterocycles. The van der Waals surface area contributed by atoms with Crippen molar-refractivity contribution in [2.45, 2.75) is 40.0 Å². The summed E-state index contributed by atoms with van der Waals surface area (Å²) in [6.45, 7) is 7.88. The predicted octanol–water partition coefficient (Wildman–Crippen LogP) is 2.71. The van der Waals surface area contributed by atoms with E-state index >= 15 is 0 Å². The van der Waals surface area contributed by atoms with Crippen LogP contribution in [0.25, 0.3) is 0 Å². The number of unbranched alkanes of at least 4 members (excludes halogenated alkanes) is 2. The summed E-state index contributed by atoms with van der Waals surface area (Å²) < 4.78 is 0. The summed E-state index contributed by atoms with van der Waals surface area (Å²) in [6, 6.07) is 0. The van der Waals surface area contributed by atoms with Crippen LogP contribution in [0.4, 0.5) is 10.9 Å². The molecule has 1 aromatic heterocycles. The van der Waals surface area contributed by atoms with Gasteiger partial charge >= 0.3 is 0 Å². The van der Waals surface area contributed by atoms with Crippen molar-refractivity contribution < 1.29 is 4.79 Å². The molecule has 0 aliphatic heterocycles. The minimum Gasteiger partial charge on any atom is -0.382 e. The fraction of sp³-hybridized carbons (Fsp3) is 0.692. The Bertz CT molecular complexity index is 403. The van der Waals surface area contributed by atoms with Crippen molar-refractivity contribution in [3.8, 4) is 0 Å². The second kappa shape index (κ2) is 7.99. The topological polar surface area (TPSA) is 80.0 Å². The van der Waals surface area contributed by atoms with Crippen molar-refractivity contribution in [2.24, 2.45) is 5.92 Å². The molecule has 0 spiro atoms. The molecule has 19 heavy (non-hydrogen) atoms. The third kappa shape index (κ3) is 5.46. The van der Waals surface area contributed by atoms with E-state index in [-0.39, 0.29) is 5.91 Å². The van der Waals surface area contributed by atoms with E-state index in [1.54, 1.807) is 0 Å². The lowest BCUT2D eigenvalue weighted by molar-refractivity contribution is 0.0957. The smallest absolute Gasteiger partial charge is 0.265 e. The third-order valence-electron chi connectivity index (χ3n) is 2.59. The van der Waals surface area contributed by atoms with Crippen LogP contribution in [0.5, 0.6) is 0 Å². The van der Waals surface area contributed by atoms with Gasteiger partial charge in [-0.05, 0) is 12.3 Å². The van der Waals surface area contributed by atoms with Crippen molar-refractivity contribution in [1.29, 1.82) is 0 Å². The van der Waals surface area contributed by atoms with Gasteiger partial charge in [0.2, 0.25) is 0 Å². The van der Waals surface area contributed by atoms with E-state index in [1.807, 2.05) is 0 Å². The Morgan fingerprint density at radius 1 is 1.42 bits per heavy atom. The Hall–Kier alpha value is -1.30. The van der Waals surface area contributed by atoms with Gasteiger partial charge in [0.15, 0.2) is 5.13 Å². The molecule has 0 atom stereocenters. The maximum Gasteiger partial charge on any atom is 0.265 e. The molecule has 0 unspecified atom stereocenters. The number of aromatic nitrogens is 1. The first-order valence-electron chi connectivity index (χ1n) is 6.83. The average molecular weight is 284 g/mol. The fourth-order valence-corrected chi connectivity index (χ4v) is 2.33. The number of rotatable bonds is 8. The Morgan fingerprint density at radius 2 is 2.16 bits per heavy atom. The van der Waals surface area contributed by atoms with Gasteiger partial charge in [0.25, 0.3) is 5.91 Å². The molecule has 0 saturated heterocycles. The number of anilines is 2. The minimum atomic E-state index is -0.122. The van der Waals surface area contributed by atoms with E-state index in [1.165, 1.54) is 11.3 Å². The molecular weight excluding hydrogens is 260 g/mol. The van der Waals surface area contributed by atoms with Crippen molar-refractivity contribution in [1.82, 2.24) is 10.3 Å². The molecule has 5 nitrogen and oxygen atoms in total. The summed E-state index contributed by atoms with van der Waals surface area (Å²) in [5.41, 5.74) is 5.78. The number of nitrogens with zero attached hydrogens (tertiary/aromatic N) is 1. The molecule has 1 amide bonds. The molecule has 4 N–H and O–H groups in total. The second-order valence-corrected chi connectivity index (χ2v) is 5.97. The lowest BCUT2D eigenvalue weighted by atomic mass is 10.2. The van der Waals surface area contributed by atoms with Crippen LogP contribution >= 0.6 is 11.3 Å². The molecule has 1 aromatic rings. The Kier molecular flexibility index (Phi) is 6.62. The van der Waals surface area contributed by atoms with Crippen molar-refractivity contribution in [2.75, 3.05) is 24.1 Å². The summed E-state index contributed by atoms with van der Waals surface area (Å²) >= 11 is 1.31. The lowest BCUT2D eigenvalue weighted by Crippen LogP contribution is -2.24. The molecule has 0 aliphatic rings. The second-order valence-electron chi connectivity index (χ2n) is 4.97. The zero-order valence-corrected chi connectivity index (χ0v) is 12.8. The molecule has 0 radical (unpaired) electrons. The van der Waals surface area contributed by atoms with Gasteiger partial charge in [-0.15, -0.1) is 0 Å². The van der Waals surface area contributed by atoms with Crippen LogP contribution in [0, 0.1) is 5.92 Å². The van der Waals surface area contributed by atoms with Gasteiger partial charge in [-0.2, -0.15) is 0 Å². The Labute approximate surface area is 119 Å². The van der Waals surface area contributed by atoms with Crippen LogP contribution in [0.1, 0.15) is 49.7 Å². The Balaban J connectivity index is 2.50. The minimum absolute atomic E-state index is 0.122. The van der Waals surface area contributed by atoms with E-state index in [2.05, 4.69) is 36.4 Å². The molecule has 108 valence electrons. The van der Waals surface area contributed by atoms with Crippen LogP contribution in [0.15, 0.2) is 0 Å². The van der Waals surface area contributed by atoms with Gasteiger partial charge in [0.1, 0.15) is 10.7 Å². The van der Waals surface area contributed by atoms with Crippen LogP contribution in [-0.4, -0.2) is 24.0 Å². The number of carbonyl (C=O) groups excluding carboxylic acids is 1. The predicted molar refractivity (Wildman–Crippen MR) is 81.7 cm³/mol. The molecule has 0 aliphatic carbocycles. The summed E-state index contributed by atoms with van der Waals surface area (Å²) in [5, 5.41) is 6.77. The van der Waals surface area contributed by atoms with Gasteiger partial charge < -0.3 is 16.4 Å². The monoisotopic (exact) mass is 284 g/mol. The number of hydrogen-bond donors (Lipinski definition) is 3. The first-order chi connectivity index (χ1) is 9.04. The summed E-state index contributed by atoms with van der Waals surface area (Å²) in [7, 11) is 0. The lowest BCUT2D eigenvalue weighted by Gasteiger charge is -2.04. The summed E-state index contributed by atoms with van der Waals surface area (Å²) in [4.78, 5) is 16.6. The molecule has 1 rings (SSSR count). The highest BCUT2D eigenvalue weighted by molar-refractivity contribution is 7.18. The number of hydrogen-bond acceptors (Lipinski definition) is 5. The van der Waals surface area contributed by atoms with E-state index in [0.29, 0.717) is 28.3 Å². The van der Waals surface area contributed by atoms with E-state index in [0.717, 1.165) is 25.8 Å². The van der Waals surface area contributed by atoms with Gasteiger partial charge in [-0.25, -0.2) is 4.98 Å². The first-order valence-corrected chi connectivity index (χ1v) is 7.64. The van der Waals surface area contributed by atoms with Crippen molar-refractivity contribution in [3.63, 3.8) is 0 Å². The third-order valence-corrected chi connectivity index (χ3v) is 3.61. The molecular formula is C13H24N4OS.